The maximum atomic E-state index is 6.30. The summed E-state index contributed by atoms with van der Waals surface area (Å²) >= 11 is 1.80. The Hall–Kier alpha value is -1.37. The Morgan fingerprint density at radius 3 is 2.88 bits per heavy atom. The number of hydrogen-bond donors (Lipinski definition) is 2. The Balaban J connectivity index is 1.54. The van der Waals surface area contributed by atoms with Gasteiger partial charge in [0.25, 0.3) is 0 Å². The summed E-state index contributed by atoms with van der Waals surface area (Å²) in [6.45, 7) is 6.02. The molecule has 2 saturated heterocycles. The van der Waals surface area contributed by atoms with E-state index in [1.807, 2.05) is 6.20 Å². The van der Waals surface area contributed by atoms with Crippen molar-refractivity contribution < 1.29 is 4.74 Å². The van der Waals surface area contributed by atoms with Crippen molar-refractivity contribution in [2.24, 2.45) is 5.73 Å². The summed E-state index contributed by atoms with van der Waals surface area (Å²) in [5, 5.41) is 3.33. The molecule has 2 fully saturated rings. The predicted molar refractivity (Wildman–Crippen MR) is 112 cm³/mol. The third-order valence-electron chi connectivity index (χ3n) is 5.43. The van der Waals surface area contributed by atoms with E-state index in [0.717, 1.165) is 43.9 Å². The van der Waals surface area contributed by atoms with E-state index in [1.54, 1.807) is 11.9 Å². The number of hydrogen-bond acceptors (Lipinski definition) is 6. The van der Waals surface area contributed by atoms with Crippen LogP contribution in [0.2, 0.25) is 0 Å². The summed E-state index contributed by atoms with van der Waals surface area (Å²) in [5.74, 6) is 0. The van der Waals surface area contributed by atoms with Crippen LogP contribution in [0.1, 0.15) is 30.4 Å². The number of nitrogens with one attached hydrogen (secondary N) is 1. The van der Waals surface area contributed by atoms with Crippen LogP contribution < -0.4 is 16.0 Å². The van der Waals surface area contributed by atoms with E-state index in [2.05, 4.69) is 52.9 Å². The second-order valence-electron chi connectivity index (χ2n) is 7.28. The van der Waals surface area contributed by atoms with Gasteiger partial charge in [-0.25, -0.2) is 4.31 Å². The molecule has 6 heteroatoms. The molecule has 0 bridgehead atoms. The Morgan fingerprint density at radius 2 is 2.23 bits per heavy atom. The number of likely N-dealkylation sites (N-methyl/N-ethyl adjacent to an activating group) is 1. The fraction of sp³-hybridized carbons (Fsp3) is 0.600. The van der Waals surface area contributed by atoms with Crippen LogP contribution in [0, 0.1) is 6.92 Å². The van der Waals surface area contributed by atoms with Gasteiger partial charge in [-0.1, -0.05) is 18.0 Å². The maximum absolute atomic E-state index is 6.30. The van der Waals surface area contributed by atoms with Gasteiger partial charge in [-0.2, -0.15) is 0 Å². The van der Waals surface area contributed by atoms with E-state index < -0.39 is 0 Å². The molecule has 2 aliphatic rings. The minimum absolute atomic E-state index is 0.315. The summed E-state index contributed by atoms with van der Waals surface area (Å²) < 4.78 is 8.07. The van der Waals surface area contributed by atoms with Gasteiger partial charge < -0.3 is 20.7 Å². The number of ether oxygens (including phenoxy) is 1. The quantitative estimate of drug-likeness (QED) is 0.714. The molecule has 5 nitrogen and oxygen atoms in total. The molecule has 2 aliphatic heterocycles. The summed E-state index contributed by atoms with van der Waals surface area (Å²) in [4.78, 5) is 2.42. The molecule has 0 amide bonds. The van der Waals surface area contributed by atoms with Crippen LogP contribution in [-0.2, 0) is 4.74 Å². The largest absolute Gasteiger partial charge is 0.397 e. The zero-order valence-corrected chi connectivity index (χ0v) is 17.0. The second kappa shape index (κ2) is 9.02. The normalized spacial score (nSPS) is 21.8. The van der Waals surface area contributed by atoms with Crippen LogP contribution in [0.4, 0.5) is 5.69 Å². The molecule has 0 spiro atoms. The molecule has 26 heavy (non-hydrogen) atoms. The van der Waals surface area contributed by atoms with Crippen molar-refractivity contribution in [2.45, 2.75) is 38.3 Å². The minimum Gasteiger partial charge on any atom is -0.397 e. The van der Waals surface area contributed by atoms with Gasteiger partial charge >= 0.3 is 0 Å². The first-order chi connectivity index (χ1) is 12.6. The van der Waals surface area contributed by atoms with Crippen LogP contribution in [0.15, 0.2) is 24.4 Å². The highest BCUT2D eigenvalue weighted by atomic mass is 32.2. The van der Waals surface area contributed by atoms with Gasteiger partial charge in [0.1, 0.15) is 0 Å². The first kappa shape index (κ1) is 19.4. The lowest BCUT2D eigenvalue weighted by Crippen LogP contribution is -2.56. The van der Waals surface area contributed by atoms with E-state index in [0.29, 0.717) is 12.1 Å². The van der Waals surface area contributed by atoms with Crippen LogP contribution in [0.25, 0.3) is 5.70 Å². The standard InChI is InChI=1S/C20H32N4OS/c1-15-10-16(24-13-17(14-24)23(2)26-3)7-8-19(15)20(21)12-22-11-18-6-4-5-9-25-18/h7-8,10,12,17-18,22H,4-6,9,11,13-14,21H2,1-3H3/b20-12-. The fourth-order valence-corrected chi connectivity index (χ4v) is 3.99. The van der Waals surface area contributed by atoms with Crippen LogP contribution in [0.5, 0.6) is 0 Å². The van der Waals surface area contributed by atoms with Gasteiger partial charge in [0, 0.05) is 43.7 Å². The summed E-state index contributed by atoms with van der Waals surface area (Å²) in [6, 6.07) is 7.21. The molecular formula is C20H32N4OS. The average Bonchev–Trinajstić information content (AvgIpc) is 2.61. The first-order valence-electron chi connectivity index (χ1n) is 9.52. The lowest BCUT2D eigenvalue weighted by atomic mass is 10.0. The van der Waals surface area contributed by atoms with Crippen molar-refractivity contribution in [1.82, 2.24) is 9.62 Å². The van der Waals surface area contributed by atoms with Gasteiger partial charge in [-0.15, -0.1) is 0 Å². The van der Waals surface area contributed by atoms with Gasteiger partial charge in [-0.3, -0.25) is 0 Å². The number of aryl methyl sites for hydroxylation is 1. The first-order valence-corrected chi connectivity index (χ1v) is 10.7. The van der Waals surface area contributed by atoms with Crippen molar-refractivity contribution in [2.75, 3.05) is 44.4 Å². The number of nitrogens with two attached hydrogens (primary N) is 1. The maximum Gasteiger partial charge on any atom is 0.0747 e. The molecule has 3 rings (SSSR count). The topological polar surface area (TPSA) is 53.8 Å². The smallest absolute Gasteiger partial charge is 0.0747 e. The zero-order chi connectivity index (χ0) is 18.5. The molecule has 2 heterocycles. The molecule has 0 aliphatic carbocycles. The van der Waals surface area contributed by atoms with Crippen molar-refractivity contribution in [3.8, 4) is 0 Å². The van der Waals surface area contributed by atoms with Crippen LogP contribution in [0.3, 0.4) is 0 Å². The molecule has 1 atom stereocenters. The highest BCUT2D eigenvalue weighted by Gasteiger charge is 2.30. The Labute approximate surface area is 162 Å². The second-order valence-corrected chi connectivity index (χ2v) is 8.22. The summed E-state index contributed by atoms with van der Waals surface area (Å²) in [6.07, 6.45) is 7.95. The fourth-order valence-electron chi connectivity index (χ4n) is 3.56. The van der Waals surface area contributed by atoms with Gasteiger partial charge in [0.2, 0.25) is 0 Å². The summed E-state index contributed by atoms with van der Waals surface area (Å²) in [7, 11) is 2.16. The third kappa shape index (κ3) is 4.67. The molecular weight excluding hydrogens is 344 g/mol. The number of anilines is 1. The zero-order valence-electron chi connectivity index (χ0n) is 16.2. The molecule has 1 aromatic carbocycles. The van der Waals surface area contributed by atoms with E-state index >= 15 is 0 Å². The highest BCUT2D eigenvalue weighted by molar-refractivity contribution is 7.96. The number of nitrogens with zero attached hydrogens (tertiary/aromatic N) is 2. The van der Waals surface area contributed by atoms with Gasteiger partial charge in [-0.05, 0) is 57.2 Å². The van der Waals surface area contributed by atoms with Crippen LogP contribution >= 0.6 is 11.9 Å². The lowest BCUT2D eigenvalue weighted by molar-refractivity contribution is 0.0188. The lowest BCUT2D eigenvalue weighted by Gasteiger charge is -2.44. The third-order valence-corrected chi connectivity index (χ3v) is 6.30. The minimum atomic E-state index is 0.315. The van der Waals surface area contributed by atoms with E-state index in [4.69, 9.17) is 10.5 Å². The average molecular weight is 377 g/mol. The van der Waals surface area contributed by atoms with Crippen molar-refractivity contribution >= 4 is 23.3 Å². The summed E-state index contributed by atoms with van der Waals surface area (Å²) in [5.41, 5.74) is 10.7. The van der Waals surface area contributed by atoms with Crippen molar-refractivity contribution in [3.05, 3.63) is 35.5 Å². The predicted octanol–water partition coefficient (Wildman–Crippen LogP) is 2.81. The van der Waals surface area contributed by atoms with Gasteiger partial charge in [0.05, 0.1) is 17.8 Å². The Morgan fingerprint density at radius 1 is 1.42 bits per heavy atom. The van der Waals surface area contributed by atoms with Gasteiger partial charge in [0.15, 0.2) is 0 Å². The van der Waals surface area contributed by atoms with Crippen molar-refractivity contribution in [1.29, 1.82) is 0 Å². The van der Waals surface area contributed by atoms with Crippen molar-refractivity contribution in [3.63, 3.8) is 0 Å². The molecule has 1 unspecified atom stereocenters. The molecule has 3 N–H and O–H groups in total. The van der Waals surface area contributed by atoms with Crippen LogP contribution in [-0.4, -0.2) is 56.0 Å². The Bertz CT molecular complexity index is 624. The Kier molecular flexibility index (Phi) is 6.73. The SMILES string of the molecule is CSN(C)C1CN(c2ccc(/C(N)=C/NCC3CCCCO3)c(C)c2)C1. The molecule has 1 aromatic rings. The van der Waals surface area contributed by atoms with E-state index in [9.17, 15) is 0 Å². The monoisotopic (exact) mass is 376 g/mol. The molecule has 144 valence electrons. The highest BCUT2D eigenvalue weighted by Crippen LogP contribution is 2.28. The molecule has 0 saturated carbocycles. The van der Waals surface area contributed by atoms with E-state index in [-0.39, 0.29) is 0 Å². The number of rotatable bonds is 7. The number of benzene rings is 1. The molecule has 0 aromatic heterocycles. The molecule has 0 radical (unpaired) electrons. The van der Waals surface area contributed by atoms with E-state index in [1.165, 1.54) is 24.1 Å².